The number of hydrogen-bond donors (Lipinski definition) is 2. The van der Waals surface area contributed by atoms with Crippen LogP contribution in [0.3, 0.4) is 0 Å². The first-order chi connectivity index (χ1) is 11.4. The number of H-pyrrole nitrogens is 2. The van der Waals surface area contributed by atoms with E-state index in [0.29, 0.717) is 11.1 Å². The molecule has 3 aromatic rings. The van der Waals surface area contributed by atoms with Crippen LogP contribution >= 0.6 is 0 Å². The van der Waals surface area contributed by atoms with Crippen molar-refractivity contribution in [1.29, 1.82) is 0 Å². The van der Waals surface area contributed by atoms with Crippen LogP contribution in [-0.2, 0) is 6.18 Å². The van der Waals surface area contributed by atoms with Crippen molar-refractivity contribution in [1.82, 2.24) is 9.97 Å². The molecule has 0 spiro atoms. The van der Waals surface area contributed by atoms with Crippen LogP contribution in [-0.4, -0.2) is 9.97 Å². The van der Waals surface area contributed by atoms with Crippen molar-refractivity contribution in [2.24, 2.45) is 0 Å². The lowest BCUT2D eigenvalue weighted by Crippen LogP contribution is -2.24. The summed E-state index contributed by atoms with van der Waals surface area (Å²) in [7, 11) is 0. The largest absolute Gasteiger partial charge is 0.416 e. The minimum atomic E-state index is -4.46. The summed E-state index contributed by atoms with van der Waals surface area (Å²) in [6, 6.07) is 12.8. The van der Waals surface area contributed by atoms with Gasteiger partial charge in [-0.3, -0.25) is 9.78 Å². The standard InChI is InChI=1S/C17H11F3N2O2/c18-17(19,20)12-8-6-11(7-9-12)14-13(10-4-2-1-3-5-10)15(23)22-16(24)21-14/h1-9H,(H2,21,22,23,24). The van der Waals surface area contributed by atoms with Gasteiger partial charge in [-0.25, -0.2) is 4.79 Å². The summed E-state index contributed by atoms with van der Waals surface area (Å²) in [4.78, 5) is 28.4. The Bertz CT molecular complexity index is 972. The fourth-order valence-electron chi connectivity index (χ4n) is 2.41. The number of aromatic nitrogens is 2. The molecule has 24 heavy (non-hydrogen) atoms. The second-order valence-electron chi connectivity index (χ2n) is 5.10. The Morgan fingerprint density at radius 3 is 1.96 bits per heavy atom. The van der Waals surface area contributed by atoms with E-state index in [1.165, 1.54) is 12.1 Å². The SMILES string of the molecule is O=c1[nH]c(-c2ccc(C(F)(F)F)cc2)c(-c2ccccc2)c(=O)[nH]1. The van der Waals surface area contributed by atoms with Crippen LogP contribution in [0.2, 0.25) is 0 Å². The lowest BCUT2D eigenvalue weighted by atomic mass is 10.00. The monoisotopic (exact) mass is 332 g/mol. The van der Waals surface area contributed by atoms with E-state index in [1.807, 2.05) is 0 Å². The lowest BCUT2D eigenvalue weighted by molar-refractivity contribution is -0.137. The van der Waals surface area contributed by atoms with Gasteiger partial charge in [-0.2, -0.15) is 13.2 Å². The van der Waals surface area contributed by atoms with E-state index in [0.717, 1.165) is 12.1 Å². The molecular formula is C17H11F3N2O2. The van der Waals surface area contributed by atoms with Gasteiger partial charge in [-0.15, -0.1) is 0 Å². The van der Waals surface area contributed by atoms with Gasteiger partial charge in [0.25, 0.3) is 5.56 Å². The smallest absolute Gasteiger partial charge is 0.306 e. The summed E-state index contributed by atoms with van der Waals surface area (Å²) < 4.78 is 38.0. The highest BCUT2D eigenvalue weighted by atomic mass is 19.4. The summed E-state index contributed by atoms with van der Waals surface area (Å²) in [5.74, 6) is 0. The number of hydrogen-bond acceptors (Lipinski definition) is 2. The molecule has 2 N–H and O–H groups in total. The van der Waals surface area contributed by atoms with E-state index in [1.54, 1.807) is 30.3 Å². The lowest BCUT2D eigenvalue weighted by Gasteiger charge is -2.10. The summed E-state index contributed by atoms with van der Waals surface area (Å²) in [6.07, 6.45) is -4.46. The Morgan fingerprint density at radius 2 is 1.38 bits per heavy atom. The van der Waals surface area contributed by atoms with E-state index < -0.39 is 23.0 Å². The number of nitrogens with one attached hydrogen (secondary N) is 2. The summed E-state index contributed by atoms with van der Waals surface area (Å²) in [5, 5.41) is 0. The first-order valence-corrected chi connectivity index (χ1v) is 6.96. The molecule has 0 aliphatic rings. The molecule has 1 aromatic heterocycles. The predicted octanol–water partition coefficient (Wildman–Crippen LogP) is 3.42. The molecule has 0 saturated heterocycles. The number of aromatic amines is 2. The third kappa shape index (κ3) is 3.01. The van der Waals surface area contributed by atoms with Gasteiger partial charge in [-0.1, -0.05) is 42.5 Å². The Morgan fingerprint density at radius 1 is 0.750 bits per heavy atom. The highest BCUT2D eigenvalue weighted by Gasteiger charge is 2.30. The van der Waals surface area contributed by atoms with Crippen molar-refractivity contribution in [2.45, 2.75) is 6.18 Å². The van der Waals surface area contributed by atoms with Crippen molar-refractivity contribution in [2.75, 3.05) is 0 Å². The van der Waals surface area contributed by atoms with Crippen LogP contribution in [0.5, 0.6) is 0 Å². The molecule has 4 nitrogen and oxygen atoms in total. The zero-order valence-corrected chi connectivity index (χ0v) is 12.1. The Balaban J connectivity index is 2.21. The Hall–Kier alpha value is -3.09. The molecule has 7 heteroatoms. The van der Waals surface area contributed by atoms with Crippen LogP contribution in [0.15, 0.2) is 64.2 Å². The maximum Gasteiger partial charge on any atom is 0.416 e. The summed E-state index contributed by atoms with van der Waals surface area (Å²) in [6.45, 7) is 0. The molecule has 0 atom stereocenters. The first kappa shape index (κ1) is 15.8. The topological polar surface area (TPSA) is 65.7 Å². The molecule has 3 rings (SSSR count). The van der Waals surface area contributed by atoms with Gasteiger partial charge in [0, 0.05) is 0 Å². The predicted molar refractivity (Wildman–Crippen MR) is 83.6 cm³/mol. The van der Waals surface area contributed by atoms with Crippen molar-refractivity contribution in [3.05, 3.63) is 81.0 Å². The molecule has 0 aliphatic heterocycles. The second-order valence-corrected chi connectivity index (χ2v) is 5.10. The minimum Gasteiger partial charge on any atom is -0.306 e. The second kappa shape index (κ2) is 5.84. The van der Waals surface area contributed by atoms with E-state index >= 15 is 0 Å². The molecule has 1 heterocycles. The van der Waals surface area contributed by atoms with Crippen LogP contribution in [0.1, 0.15) is 5.56 Å². The maximum absolute atomic E-state index is 12.7. The van der Waals surface area contributed by atoms with E-state index in [-0.39, 0.29) is 11.3 Å². The quantitative estimate of drug-likeness (QED) is 0.755. The third-order valence-electron chi connectivity index (χ3n) is 3.51. The summed E-state index contributed by atoms with van der Waals surface area (Å²) >= 11 is 0. The maximum atomic E-state index is 12.7. The molecule has 0 amide bonds. The van der Waals surface area contributed by atoms with Gasteiger partial charge < -0.3 is 4.98 Å². The van der Waals surface area contributed by atoms with Gasteiger partial charge in [0.15, 0.2) is 0 Å². The van der Waals surface area contributed by atoms with Crippen LogP contribution in [0, 0.1) is 0 Å². The molecule has 0 unspecified atom stereocenters. The van der Waals surface area contributed by atoms with Crippen LogP contribution in [0.4, 0.5) is 13.2 Å². The highest BCUT2D eigenvalue weighted by Crippen LogP contribution is 2.32. The van der Waals surface area contributed by atoms with Crippen molar-refractivity contribution in [3.8, 4) is 22.4 Å². The van der Waals surface area contributed by atoms with Crippen LogP contribution in [0.25, 0.3) is 22.4 Å². The molecule has 0 radical (unpaired) electrons. The van der Waals surface area contributed by atoms with Gasteiger partial charge in [0.05, 0.1) is 16.8 Å². The van der Waals surface area contributed by atoms with Gasteiger partial charge in [-0.05, 0) is 23.3 Å². The first-order valence-electron chi connectivity index (χ1n) is 6.96. The molecule has 0 aliphatic carbocycles. The molecule has 0 saturated carbocycles. The number of benzene rings is 2. The normalized spacial score (nSPS) is 11.5. The fraction of sp³-hybridized carbons (Fsp3) is 0.0588. The Kier molecular flexibility index (Phi) is 3.84. The average molecular weight is 332 g/mol. The van der Waals surface area contributed by atoms with E-state index in [4.69, 9.17) is 0 Å². The molecule has 0 fully saturated rings. The third-order valence-corrected chi connectivity index (χ3v) is 3.51. The van der Waals surface area contributed by atoms with E-state index in [2.05, 4.69) is 9.97 Å². The minimum absolute atomic E-state index is 0.170. The average Bonchev–Trinajstić information content (AvgIpc) is 2.54. The van der Waals surface area contributed by atoms with Crippen molar-refractivity contribution >= 4 is 0 Å². The zero-order valence-electron chi connectivity index (χ0n) is 12.1. The zero-order chi connectivity index (χ0) is 17.3. The van der Waals surface area contributed by atoms with Gasteiger partial charge in [0.1, 0.15) is 0 Å². The molecule has 122 valence electrons. The number of halogens is 3. The molecular weight excluding hydrogens is 321 g/mol. The van der Waals surface area contributed by atoms with Crippen molar-refractivity contribution < 1.29 is 13.2 Å². The fourth-order valence-corrected chi connectivity index (χ4v) is 2.41. The molecule has 2 aromatic carbocycles. The number of rotatable bonds is 2. The van der Waals surface area contributed by atoms with Crippen LogP contribution < -0.4 is 11.2 Å². The molecule has 0 bridgehead atoms. The highest BCUT2D eigenvalue weighted by molar-refractivity contribution is 5.79. The van der Waals surface area contributed by atoms with Gasteiger partial charge >= 0.3 is 11.9 Å². The number of alkyl halides is 3. The van der Waals surface area contributed by atoms with Gasteiger partial charge in [0.2, 0.25) is 0 Å². The van der Waals surface area contributed by atoms with Crippen molar-refractivity contribution in [3.63, 3.8) is 0 Å². The van der Waals surface area contributed by atoms with E-state index in [9.17, 15) is 22.8 Å². The Labute approximate surface area is 133 Å². The summed E-state index contributed by atoms with van der Waals surface area (Å²) in [5.41, 5.74) is -0.928.